The number of carbonyl (C=O) groups excluding carboxylic acids is 3. The van der Waals surface area contributed by atoms with E-state index in [4.69, 9.17) is 9.15 Å². The fourth-order valence-electron chi connectivity index (χ4n) is 5.16. The number of nitrogens with zero attached hydrogens (tertiary/aromatic N) is 1. The Morgan fingerprint density at radius 1 is 0.863 bits per heavy atom. The minimum atomic E-state index is -0.581. The number of thioether (sulfide) groups is 1. The number of methoxy groups -OCH3 is 1. The second-order valence-corrected chi connectivity index (χ2v) is 12.6. The highest BCUT2D eigenvalue weighted by Crippen LogP contribution is 2.30. The molecule has 0 saturated carbocycles. The van der Waals surface area contributed by atoms with Crippen LogP contribution in [0.4, 0.5) is 11.4 Å². The number of anilines is 2. The number of hydrogen-bond acceptors (Lipinski definition) is 8. The van der Waals surface area contributed by atoms with E-state index in [0.717, 1.165) is 16.0 Å². The summed E-state index contributed by atoms with van der Waals surface area (Å²) in [5.41, 5.74) is 4.18. The first-order chi connectivity index (χ1) is 24.8. The van der Waals surface area contributed by atoms with E-state index < -0.39 is 17.1 Å². The summed E-state index contributed by atoms with van der Waals surface area (Å²) in [6.07, 6.45) is 2.03. The van der Waals surface area contributed by atoms with Crippen LogP contribution in [0.25, 0.3) is 28.6 Å². The van der Waals surface area contributed by atoms with Gasteiger partial charge in [0.15, 0.2) is 5.58 Å². The van der Waals surface area contributed by atoms with Crippen LogP contribution in [0, 0.1) is 0 Å². The Hall–Kier alpha value is -6.33. The van der Waals surface area contributed by atoms with Gasteiger partial charge in [0.2, 0.25) is 11.8 Å². The van der Waals surface area contributed by atoms with Crippen LogP contribution in [-0.4, -0.2) is 40.2 Å². The molecular weight excluding hydrogens is 665 g/mol. The van der Waals surface area contributed by atoms with Crippen LogP contribution in [0.3, 0.4) is 0 Å². The van der Waals surface area contributed by atoms with E-state index in [1.165, 1.54) is 37.1 Å². The summed E-state index contributed by atoms with van der Waals surface area (Å²) in [4.78, 5) is 45.4. The molecule has 0 aliphatic heterocycles. The molecule has 11 heteroatoms. The molecule has 1 atom stereocenters. The van der Waals surface area contributed by atoms with Gasteiger partial charge in [-0.2, -0.15) is 0 Å². The maximum absolute atomic E-state index is 13.6. The Bertz CT molecular complexity index is 2180. The van der Waals surface area contributed by atoms with Crippen molar-refractivity contribution in [2.75, 3.05) is 17.7 Å². The van der Waals surface area contributed by atoms with Crippen LogP contribution in [0.15, 0.2) is 136 Å². The zero-order valence-corrected chi connectivity index (χ0v) is 28.6. The summed E-state index contributed by atoms with van der Waals surface area (Å²) in [6.45, 7) is 1.93. The molecular formula is C40H34N4O6S. The molecule has 3 amide bonds. The number of nitrogens with one attached hydrogen (secondary N) is 3. The summed E-state index contributed by atoms with van der Waals surface area (Å²) in [5.74, 6) is -0.409. The van der Waals surface area contributed by atoms with Crippen molar-refractivity contribution >= 4 is 58.0 Å². The highest BCUT2D eigenvalue weighted by Gasteiger charge is 2.20. The van der Waals surface area contributed by atoms with Gasteiger partial charge in [0.05, 0.1) is 12.4 Å². The highest BCUT2D eigenvalue weighted by molar-refractivity contribution is 8.00. The molecule has 1 aromatic heterocycles. The maximum atomic E-state index is 13.6. The van der Waals surface area contributed by atoms with E-state index in [0.29, 0.717) is 46.1 Å². The third kappa shape index (κ3) is 8.64. The van der Waals surface area contributed by atoms with E-state index in [2.05, 4.69) is 20.9 Å². The van der Waals surface area contributed by atoms with Gasteiger partial charge in [-0.1, -0.05) is 43.3 Å². The van der Waals surface area contributed by atoms with E-state index in [9.17, 15) is 19.5 Å². The Labute approximate surface area is 298 Å². The zero-order valence-electron chi connectivity index (χ0n) is 27.8. The van der Waals surface area contributed by atoms with Crippen molar-refractivity contribution in [3.05, 3.63) is 138 Å². The van der Waals surface area contributed by atoms with Gasteiger partial charge in [-0.3, -0.25) is 14.4 Å². The number of ether oxygens (including phenoxy) is 1. The smallest absolute Gasteiger partial charge is 0.272 e. The standard InChI is InChI=1S/C40H34N4O6S/c1-3-36(39(48)41-28-19-16-26(17-20-28)40-44-32-14-7-8-15-34(32)50-40)51-31-13-9-12-29(23-31)42-38(47)33(43-37(46)25-10-5-4-6-11-25)22-27-18-21-30(45)24-35(27)49-2/h4-24,36,45H,3H2,1-2H3,(H,41,48)(H,42,47)(H,43,46)/b33-22+. The fourth-order valence-corrected chi connectivity index (χ4v) is 6.18. The lowest BCUT2D eigenvalue weighted by atomic mass is 10.1. The van der Waals surface area contributed by atoms with Crippen LogP contribution in [-0.2, 0) is 9.59 Å². The van der Waals surface area contributed by atoms with E-state index in [1.807, 2.05) is 61.5 Å². The van der Waals surface area contributed by atoms with Crippen molar-refractivity contribution in [2.24, 2.45) is 0 Å². The zero-order chi connectivity index (χ0) is 35.7. The summed E-state index contributed by atoms with van der Waals surface area (Å²) in [7, 11) is 1.44. The molecule has 10 nitrogen and oxygen atoms in total. The van der Waals surface area contributed by atoms with Crippen molar-refractivity contribution in [2.45, 2.75) is 23.5 Å². The molecule has 1 heterocycles. The Morgan fingerprint density at radius 2 is 1.63 bits per heavy atom. The van der Waals surface area contributed by atoms with Crippen molar-refractivity contribution in [1.29, 1.82) is 0 Å². The summed E-state index contributed by atoms with van der Waals surface area (Å²) in [6, 6.07) is 35.0. The number of hydrogen-bond donors (Lipinski definition) is 4. The molecule has 6 rings (SSSR count). The number of phenolic OH excluding ortho intramolecular Hbond substituents is 1. The minimum Gasteiger partial charge on any atom is -0.508 e. The monoisotopic (exact) mass is 698 g/mol. The lowest BCUT2D eigenvalue weighted by molar-refractivity contribution is -0.116. The first-order valence-corrected chi connectivity index (χ1v) is 17.0. The SMILES string of the molecule is CCC(Sc1cccc(NC(=O)/C(=C\c2ccc(O)cc2OC)NC(=O)c2ccccc2)c1)C(=O)Nc1ccc(-c2nc3ccccc3o2)cc1. The van der Waals surface area contributed by atoms with Crippen molar-refractivity contribution in [3.8, 4) is 23.0 Å². The Morgan fingerprint density at radius 3 is 2.37 bits per heavy atom. The maximum Gasteiger partial charge on any atom is 0.272 e. The number of amides is 3. The van der Waals surface area contributed by atoms with Crippen LogP contribution in [0.5, 0.6) is 11.5 Å². The molecule has 0 saturated heterocycles. The Balaban J connectivity index is 1.14. The van der Waals surface area contributed by atoms with Crippen molar-refractivity contribution in [3.63, 3.8) is 0 Å². The van der Waals surface area contributed by atoms with Gasteiger partial charge in [-0.05, 0) is 91.4 Å². The summed E-state index contributed by atoms with van der Waals surface area (Å²) < 4.78 is 11.2. The number of rotatable bonds is 12. The van der Waals surface area contributed by atoms with E-state index >= 15 is 0 Å². The second-order valence-electron chi connectivity index (χ2n) is 11.4. The first kappa shape index (κ1) is 34.5. The van der Waals surface area contributed by atoms with Crippen LogP contribution in [0.2, 0.25) is 0 Å². The lowest BCUT2D eigenvalue weighted by Crippen LogP contribution is -2.30. The van der Waals surface area contributed by atoms with Crippen molar-refractivity contribution in [1.82, 2.24) is 10.3 Å². The lowest BCUT2D eigenvalue weighted by Gasteiger charge is -2.16. The largest absolute Gasteiger partial charge is 0.508 e. The first-order valence-electron chi connectivity index (χ1n) is 16.1. The van der Waals surface area contributed by atoms with Gasteiger partial charge in [-0.15, -0.1) is 11.8 Å². The van der Waals surface area contributed by atoms with Crippen LogP contribution < -0.4 is 20.7 Å². The highest BCUT2D eigenvalue weighted by atomic mass is 32.2. The summed E-state index contributed by atoms with van der Waals surface area (Å²) in [5, 5.41) is 18.0. The van der Waals surface area contributed by atoms with Crippen LogP contribution in [0.1, 0.15) is 29.3 Å². The molecule has 256 valence electrons. The normalized spacial score (nSPS) is 11.8. The average molecular weight is 699 g/mol. The van der Waals surface area contributed by atoms with Crippen LogP contribution >= 0.6 is 11.8 Å². The fraction of sp³-hybridized carbons (Fsp3) is 0.100. The number of aromatic nitrogens is 1. The minimum absolute atomic E-state index is 0.00824. The van der Waals surface area contributed by atoms with Gasteiger partial charge in [-0.25, -0.2) is 4.98 Å². The van der Waals surface area contributed by atoms with Gasteiger partial charge in [0.1, 0.15) is 22.7 Å². The molecule has 0 bridgehead atoms. The number of fused-ring (bicyclic) bond motifs is 1. The molecule has 1 unspecified atom stereocenters. The second kappa shape index (κ2) is 15.9. The molecule has 0 radical (unpaired) electrons. The molecule has 51 heavy (non-hydrogen) atoms. The topological polar surface area (TPSA) is 143 Å². The number of carbonyl (C=O) groups is 3. The van der Waals surface area contributed by atoms with Gasteiger partial charge < -0.3 is 30.2 Å². The molecule has 0 aliphatic carbocycles. The molecule has 0 aliphatic rings. The quantitative estimate of drug-likeness (QED) is 0.0742. The third-order valence-electron chi connectivity index (χ3n) is 7.77. The molecule has 6 aromatic rings. The number of oxazole rings is 1. The average Bonchev–Trinajstić information content (AvgIpc) is 3.59. The van der Waals surface area contributed by atoms with E-state index in [-0.39, 0.29) is 17.4 Å². The van der Waals surface area contributed by atoms with Crippen molar-refractivity contribution < 1.29 is 28.6 Å². The van der Waals surface area contributed by atoms with Gasteiger partial charge in [0, 0.05) is 39.0 Å². The van der Waals surface area contributed by atoms with Gasteiger partial charge >= 0.3 is 0 Å². The van der Waals surface area contributed by atoms with Gasteiger partial charge in [0.25, 0.3) is 11.8 Å². The van der Waals surface area contributed by atoms with E-state index in [1.54, 1.807) is 54.6 Å². The molecule has 4 N–H and O–H groups in total. The third-order valence-corrected chi connectivity index (χ3v) is 9.13. The number of aromatic hydroxyl groups is 1. The molecule has 0 spiro atoms. The summed E-state index contributed by atoms with van der Waals surface area (Å²) >= 11 is 1.37. The number of para-hydroxylation sites is 2. The predicted octanol–water partition coefficient (Wildman–Crippen LogP) is 8.13. The molecule has 5 aromatic carbocycles. The molecule has 0 fully saturated rings. The Kier molecular flexibility index (Phi) is 10.8. The predicted molar refractivity (Wildman–Crippen MR) is 200 cm³/mol. The number of phenols is 1. The number of benzene rings is 5.